The molecule has 0 aliphatic carbocycles. The lowest BCUT2D eigenvalue weighted by molar-refractivity contribution is 0.0514. The summed E-state index contributed by atoms with van der Waals surface area (Å²) in [5, 5.41) is 0. The van der Waals surface area contributed by atoms with Crippen molar-refractivity contribution in [2.24, 2.45) is 5.73 Å². The fourth-order valence-corrected chi connectivity index (χ4v) is 0.955. The van der Waals surface area contributed by atoms with Gasteiger partial charge in [-0.25, -0.2) is 4.79 Å². The molecule has 12 heavy (non-hydrogen) atoms. The minimum Gasteiger partial charge on any atom is -0.446 e. The van der Waals surface area contributed by atoms with Crippen LogP contribution in [0, 0.1) is 6.92 Å². The van der Waals surface area contributed by atoms with Crippen LogP contribution in [0.4, 0.5) is 0 Å². The molecule has 0 radical (unpaired) electrons. The van der Waals surface area contributed by atoms with E-state index in [4.69, 9.17) is 5.73 Å². The van der Waals surface area contributed by atoms with Gasteiger partial charge in [-0.05, 0) is 18.6 Å². The lowest BCUT2D eigenvalue weighted by atomic mass is 10.1. The number of aryl methyl sites for hydroxylation is 1. The number of esters is 1. The van der Waals surface area contributed by atoms with E-state index < -0.39 is 0 Å². The molecule has 0 aromatic heterocycles. The molecule has 0 atom stereocenters. The molecule has 2 N–H and O–H groups in total. The van der Waals surface area contributed by atoms with E-state index in [9.17, 15) is 4.79 Å². The maximum Gasteiger partial charge on any atom is 0.339 e. The molecule has 0 amide bonds. The maximum absolute atomic E-state index is 11.2. The minimum absolute atomic E-state index is 0.0762. The summed E-state index contributed by atoms with van der Waals surface area (Å²) >= 11 is 0. The highest BCUT2D eigenvalue weighted by atomic mass is 16.5. The van der Waals surface area contributed by atoms with Gasteiger partial charge in [0.05, 0.1) is 5.56 Å². The Hall–Kier alpha value is -1.35. The number of carbonyl (C=O) groups is 1. The fourth-order valence-electron chi connectivity index (χ4n) is 0.955. The summed E-state index contributed by atoms with van der Waals surface area (Å²) in [5.74, 6) is -0.365. The van der Waals surface area contributed by atoms with Gasteiger partial charge in [-0.1, -0.05) is 18.2 Å². The molecule has 0 bridgehead atoms. The Morgan fingerprint density at radius 2 is 2.17 bits per heavy atom. The van der Waals surface area contributed by atoms with Gasteiger partial charge in [-0.2, -0.15) is 0 Å². The highest BCUT2D eigenvalue weighted by Gasteiger charge is 2.07. The largest absolute Gasteiger partial charge is 0.446 e. The van der Waals surface area contributed by atoms with Crippen molar-refractivity contribution in [3.63, 3.8) is 0 Å². The first-order chi connectivity index (χ1) is 5.75. The molecular weight excluding hydrogens is 154 g/mol. The smallest absolute Gasteiger partial charge is 0.339 e. The Labute approximate surface area is 71.1 Å². The second-order valence-corrected chi connectivity index (χ2v) is 2.41. The number of ether oxygens (including phenoxy) is 1. The summed E-state index contributed by atoms with van der Waals surface area (Å²) in [6.45, 7) is 1.78. The highest BCUT2D eigenvalue weighted by Crippen LogP contribution is 2.07. The number of hydrogen-bond donors (Lipinski definition) is 1. The molecule has 0 saturated carbocycles. The van der Waals surface area contributed by atoms with E-state index >= 15 is 0 Å². The molecule has 1 aromatic carbocycles. The van der Waals surface area contributed by atoms with Gasteiger partial charge in [-0.15, -0.1) is 0 Å². The number of nitrogens with two attached hydrogens (primary N) is 1. The van der Waals surface area contributed by atoms with Crippen LogP contribution >= 0.6 is 0 Å². The average Bonchev–Trinajstić information content (AvgIpc) is 2.05. The van der Waals surface area contributed by atoms with Crippen molar-refractivity contribution in [2.75, 3.05) is 6.73 Å². The van der Waals surface area contributed by atoms with E-state index in [1.165, 1.54) is 0 Å². The van der Waals surface area contributed by atoms with Crippen molar-refractivity contribution >= 4 is 5.97 Å². The number of benzene rings is 1. The Morgan fingerprint density at radius 1 is 1.50 bits per heavy atom. The molecular formula is C9H11NO2. The van der Waals surface area contributed by atoms with Gasteiger partial charge >= 0.3 is 5.97 Å². The van der Waals surface area contributed by atoms with Crippen LogP contribution in [0.15, 0.2) is 24.3 Å². The molecule has 3 heteroatoms. The van der Waals surface area contributed by atoms with Gasteiger partial charge in [0.25, 0.3) is 0 Å². The van der Waals surface area contributed by atoms with Crippen LogP contribution in [0.5, 0.6) is 0 Å². The maximum atomic E-state index is 11.2. The van der Waals surface area contributed by atoms with E-state index in [0.717, 1.165) is 5.56 Å². The molecule has 0 aliphatic heterocycles. The molecule has 1 rings (SSSR count). The monoisotopic (exact) mass is 165 g/mol. The zero-order valence-electron chi connectivity index (χ0n) is 6.91. The first-order valence-corrected chi connectivity index (χ1v) is 3.68. The van der Waals surface area contributed by atoms with Gasteiger partial charge in [0, 0.05) is 0 Å². The van der Waals surface area contributed by atoms with E-state index in [1.807, 2.05) is 19.1 Å². The van der Waals surface area contributed by atoms with E-state index in [0.29, 0.717) is 5.56 Å². The summed E-state index contributed by atoms with van der Waals surface area (Å²) in [6.07, 6.45) is 0. The van der Waals surface area contributed by atoms with Gasteiger partial charge in [0.15, 0.2) is 0 Å². The Kier molecular flexibility index (Phi) is 2.82. The zero-order valence-corrected chi connectivity index (χ0v) is 6.91. The van der Waals surface area contributed by atoms with Crippen molar-refractivity contribution in [3.8, 4) is 0 Å². The number of carbonyl (C=O) groups excluding carboxylic acids is 1. The average molecular weight is 165 g/mol. The molecule has 0 unspecified atom stereocenters. The standard InChI is InChI=1S/C9H11NO2/c1-7-4-2-3-5-8(7)9(11)12-6-10/h2-5H,6,10H2,1H3. The van der Waals surface area contributed by atoms with E-state index in [-0.39, 0.29) is 12.7 Å². The molecule has 0 fully saturated rings. The first-order valence-electron chi connectivity index (χ1n) is 3.68. The number of hydrogen-bond acceptors (Lipinski definition) is 3. The lowest BCUT2D eigenvalue weighted by Crippen LogP contribution is -2.12. The SMILES string of the molecule is Cc1ccccc1C(=O)OCN. The van der Waals surface area contributed by atoms with Crippen molar-refractivity contribution < 1.29 is 9.53 Å². The van der Waals surface area contributed by atoms with Crippen LogP contribution in [0.25, 0.3) is 0 Å². The molecule has 0 saturated heterocycles. The van der Waals surface area contributed by atoms with Gasteiger partial charge in [-0.3, -0.25) is 5.73 Å². The molecule has 0 aliphatic rings. The number of rotatable bonds is 2. The summed E-state index contributed by atoms with van der Waals surface area (Å²) in [4.78, 5) is 11.2. The van der Waals surface area contributed by atoms with Gasteiger partial charge in [0.2, 0.25) is 0 Å². The lowest BCUT2D eigenvalue weighted by Gasteiger charge is -2.03. The second-order valence-electron chi connectivity index (χ2n) is 2.41. The summed E-state index contributed by atoms with van der Waals surface area (Å²) < 4.78 is 4.65. The predicted octanol–water partition coefficient (Wildman–Crippen LogP) is 1.07. The van der Waals surface area contributed by atoms with E-state index in [2.05, 4.69) is 4.74 Å². The third-order valence-electron chi connectivity index (χ3n) is 1.58. The summed E-state index contributed by atoms with van der Waals surface area (Å²) in [6, 6.07) is 7.23. The van der Waals surface area contributed by atoms with Gasteiger partial charge < -0.3 is 4.74 Å². The van der Waals surface area contributed by atoms with Crippen LogP contribution < -0.4 is 5.73 Å². The minimum atomic E-state index is -0.365. The third kappa shape index (κ3) is 1.83. The fraction of sp³-hybridized carbons (Fsp3) is 0.222. The quantitative estimate of drug-likeness (QED) is 0.526. The van der Waals surface area contributed by atoms with Crippen LogP contribution in [-0.2, 0) is 4.74 Å². The molecule has 3 nitrogen and oxygen atoms in total. The van der Waals surface area contributed by atoms with Crippen LogP contribution in [0.2, 0.25) is 0 Å². The predicted molar refractivity (Wildman–Crippen MR) is 45.6 cm³/mol. The molecule has 0 spiro atoms. The molecule has 1 aromatic rings. The Morgan fingerprint density at radius 3 is 2.75 bits per heavy atom. The topological polar surface area (TPSA) is 52.3 Å². The van der Waals surface area contributed by atoms with Crippen molar-refractivity contribution in [2.45, 2.75) is 6.92 Å². The van der Waals surface area contributed by atoms with E-state index in [1.54, 1.807) is 12.1 Å². The van der Waals surface area contributed by atoms with Gasteiger partial charge in [0.1, 0.15) is 6.73 Å². The summed E-state index contributed by atoms with van der Waals surface area (Å²) in [5.41, 5.74) is 6.54. The molecule has 0 heterocycles. The first kappa shape index (κ1) is 8.74. The Bertz CT molecular complexity index is 284. The normalized spacial score (nSPS) is 9.50. The van der Waals surface area contributed by atoms with Crippen LogP contribution in [-0.4, -0.2) is 12.7 Å². The third-order valence-corrected chi connectivity index (χ3v) is 1.58. The van der Waals surface area contributed by atoms with Crippen molar-refractivity contribution in [3.05, 3.63) is 35.4 Å². The molecule has 64 valence electrons. The second kappa shape index (κ2) is 3.88. The van der Waals surface area contributed by atoms with Crippen LogP contribution in [0.3, 0.4) is 0 Å². The van der Waals surface area contributed by atoms with Crippen molar-refractivity contribution in [1.82, 2.24) is 0 Å². The Balaban J connectivity index is 2.87. The zero-order chi connectivity index (χ0) is 8.97. The summed E-state index contributed by atoms with van der Waals surface area (Å²) in [7, 11) is 0. The highest BCUT2D eigenvalue weighted by molar-refractivity contribution is 5.90. The van der Waals surface area contributed by atoms with Crippen molar-refractivity contribution in [1.29, 1.82) is 0 Å². The van der Waals surface area contributed by atoms with Crippen LogP contribution in [0.1, 0.15) is 15.9 Å².